The number of ether oxygens (including phenoxy) is 2. The van der Waals surface area contributed by atoms with Crippen LogP contribution in [0.5, 0.6) is 11.5 Å². The fourth-order valence-electron chi connectivity index (χ4n) is 1.75. The van der Waals surface area contributed by atoms with Crippen LogP contribution in [0, 0.1) is 0 Å². The lowest BCUT2D eigenvalue weighted by Crippen LogP contribution is -2.09. The lowest BCUT2D eigenvalue weighted by Gasteiger charge is -2.12. The minimum absolute atomic E-state index is 0.136. The second kappa shape index (κ2) is 6.44. The van der Waals surface area contributed by atoms with Gasteiger partial charge in [-0.2, -0.15) is 0 Å². The molecular weight excluding hydrogens is 276 g/mol. The molecule has 0 fully saturated rings. The quantitative estimate of drug-likeness (QED) is 0.480. The average Bonchev–Trinajstić information content (AvgIpc) is 2.48. The van der Waals surface area contributed by atoms with Gasteiger partial charge in [-0.25, -0.2) is 4.79 Å². The molecule has 0 aromatic heterocycles. The topological polar surface area (TPSA) is 35.5 Å². The van der Waals surface area contributed by atoms with E-state index in [1.807, 2.05) is 19.1 Å². The zero-order valence-electron chi connectivity index (χ0n) is 11.3. The Kier molecular flexibility index (Phi) is 4.64. The molecule has 0 radical (unpaired) electrons. The molecule has 20 heavy (non-hydrogen) atoms. The standard InChI is InChI=1S/C16H15ClO3/c1-11(17)13-8-9-14(15(10-13)19-2)20-16(18)12-6-4-3-5-7-12/h3-11H,1-2H3/t11-/m0/s1. The highest BCUT2D eigenvalue weighted by atomic mass is 35.5. The Morgan fingerprint density at radius 2 is 1.80 bits per heavy atom. The van der Waals surface area contributed by atoms with Crippen molar-refractivity contribution < 1.29 is 14.3 Å². The van der Waals surface area contributed by atoms with Gasteiger partial charge in [-0.1, -0.05) is 24.3 Å². The minimum atomic E-state index is -0.421. The molecule has 3 nitrogen and oxygen atoms in total. The summed E-state index contributed by atoms with van der Waals surface area (Å²) in [5.41, 5.74) is 1.40. The Morgan fingerprint density at radius 1 is 1.10 bits per heavy atom. The minimum Gasteiger partial charge on any atom is -0.493 e. The van der Waals surface area contributed by atoms with Crippen LogP contribution in [0.3, 0.4) is 0 Å². The summed E-state index contributed by atoms with van der Waals surface area (Å²) >= 11 is 6.02. The first-order chi connectivity index (χ1) is 9.61. The Bertz CT molecular complexity index is 594. The molecular formula is C16H15ClO3. The van der Waals surface area contributed by atoms with Crippen molar-refractivity contribution in [3.05, 3.63) is 59.7 Å². The van der Waals surface area contributed by atoms with Crippen LogP contribution in [0.15, 0.2) is 48.5 Å². The molecule has 104 valence electrons. The van der Waals surface area contributed by atoms with Gasteiger partial charge in [-0.05, 0) is 36.8 Å². The zero-order chi connectivity index (χ0) is 14.5. The highest BCUT2D eigenvalue weighted by molar-refractivity contribution is 6.20. The number of alkyl halides is 1. The van der Waals surface area contributed by atoms with E-state index in [0.29, 0.717) is 17.1 Å². The summed E-state index contributed by atoms with van der Waals surface area (Å²) in [6, 6.07) is 14.1. The van der Waals surface area contributed by atoms with Gasteiger partial charge in [0, 0.05) is 0 Å². The summed E-state index contributed by atoms with van der Waals surface area (Å²) in [4.78, 5) is 12.0. The van der Waals surface area contributed by atoms with E-state index in [1.165, 1.54) is 7.11 Å². The average molecular weight is 291 g/mol. The van der Waals surface area contributed by atoms with Crippen LogP contribution in [0.1, 0.15) is 28.2 Å². The first-order valence-corrected chi connectivity index (χ1v) is 6.64. The van der Waals surface area contributed by atoms with Gasteiger partial charge in [0.1, 0.15) is 0 Å². The Labute approximate surface area is 123 Å². The predicted octanol–water partition coefficient (Wildman–Crippen LogP) is 4.21. The van der Waals surface area contributed by atoms with Crippen molar-refractivity contribution in [3.63, 3.8) is 0 Å². The van der Waals surface area contributed by atoms with E-state index in [1.54, 1.807) is 36.4 Å². The summed E-state index contributed by atoms with van der Waals surface area (Å²) < 4.78 is 10.6. The maximum atomic E-state index is 12.0. The van der Waals surface area contributed by atoms with Crippen LogP contribution in [-0.4, -0.2) is 13.1 Å². The van der Waals surface area contributed by atoms with Gasteiger partial charge < -0.3 is 9.47 Å². The Morgan fingerprint density at radius 3 is 2.40 bits per heavy atom. The molecule has 0 spiro atoms. The third-order valence-electron chi connectivity index (χ3n) is 2.86. The number of benzene rings is 2. The number of rotatable bonds is 4. The molecule has 0 bridgehead atoms. The van der Waals surface area contributed by atoms with E-state index >= 15 is 0 Å². The zero-order valence-corrected chi connectivity index (χ0v) is 12.1. The summed E-state index contributed by atoms with van der Waals surface area (Å²) in [6.45, 7) is 1.87. The Hall–Kier alpha value is -2.00. The number of halogens is 1. The molecule has 0 heterocycles. The molecule has 0 saturated heterocycles. The third-order valence-corrected chi connectivity index (χ3v) is 3.11. The highest BCUT2D eigenvalue weighted by Crippen LogP contribution is 2.32. The van der Waals surface area contributed by atoms with Gasteiger partial charge in [0.05, 0.1) is 18.1 Å². The normalized spacial score (nSPS) is 11.8. The molecule has 0 aliphatic rings. The fourth-order valence-corrected chi connectivity index (χ4v) is 1.88. The van der Waals surface area contributed by atoms with Gasteiger partial charge in [0.25, 0.3) is 0 Å². The van der Waals surface area contributed by atoms with E-state index in [9.17, 15) is 4.79 Å². The fraction of sp³-hybridized carbons (Fsp3) is 0.188. The smallest absolute Gasteiger partial charge is 0.343 e. The van der Waals surface area contributed by atoms with Crippen molar-refractivity contribution in [1.29, 1.82) is 0 Å². The van der Waals surface area contributed by atoms with E-state index in [0.717, 1.165) is 5.56 Å². The molecule has 0 N–H and O–H groups in total. The van der Waals surface area contributed by atoms with E-state index in [2.05, 4.69) is 0 Å². The molecule has 2 aromatic rings. The number of carbonyl (C=O) groups excluding carboxylic acids is 1. The maximum Gasteiger partial charge on any atom is 0.343 e. The van der Waals surface area contributed by atoms with Crippen LogP contribution < -0.4 is 9.47 Å². The molecule has 0 aliphatic heterocycles. The van der Waals surface area contributed by atoms with Crippen molar-refractivity contribution in [2.45, 2.75) is 12.3 Å². The highest BCUT2D eigenvalue weighted by Gasteiger charge is 2.13. The molecule has 0 amide bonds. The second-order valence-electron chi connectivity index (χ2n) is 4.28. The van der Waals surface area contributed by atoms with E-state index in [-0.39, 0.29) is 5.38 Å². The number of hydrogen-bond donors (Lipinski definition) is 0. The summed E-state index contributed by atoms with van der Waals surface area (Å²) in [6.07, 6.45) is 0. The van der Waals surface area contributed by atoms with Gasteiger partial charge >= 0.3 is 5.97 Å². The van der Waals surface area contributed by atoms with Gasteiger partial charge in [0.15, 0.2) is 11.5 Å². The summed E-state index contributed by atoms with van der Waals surface area (Å²) in [5.74, 6) is 0.442. The van der Waals surface area contributed by atoms with Crippen LogP contribution in [0.2, 0.25) is 0 Å². The molecule has 1 atom stereocenters. The second-order valence-corrected chi connectivity index (χ2v) is 4.94. The maximum absolute atomic E-state index is 12.0. The van der Waals surface area contributed by atoms with Gasteiger partial charge in [-0.3, -0.25) is 0 Å². The number of esters is 1. The summed E-state index contributed by atoms with van der Waals surface area (Å²) in [7, 11) is 1.53. The first kappa shape index (κ1) is 14.4. The van der Waals surface area contributed by atoms with Gasteiger partial charge in [-0.15, -0.1) is 11.6 Å². The van der Waals surface area contributed by atoms with Crippen molar-refractivity contribution in [2.24, 2.45) is 0 Å². The van der Waals surface area contributed by atoms with Crippen molar-refractivity contribution in [3.8, 4) is 11.5 Å². The number of hydrogen-bond acceptors (Lipinski definition) is 3. The molecule has 0 unspecified atom stereocenters. The van der Waals surface area contributed by atoms with Crippen molar-refractivity contribution >= 4 is 17.6 Å². The Balaban J connectivity index is 2.23. The van der Waals surface area contributed by atoms with Crippen molar-refractivity contribution in [2.75, 3.05) is 7.11 Å². The molecule has 0 aliphatic carbocycles. The lowest BCUT2D eigenvalue weighted by atomic mass is 10.1. The van der Waals surface area contributed by atoms with Crippen LogP contribution in [-0.2, 0) is 0 Å². The molecule has 4 heteroatoms. The predicted molar refractivity (Wildman–Crippen MR) is 78.7 cm³/mol. The monoisotopic (exact) mass is 290 g/mol. The number of carbonyl (C=O) groups is 1. The van der Waals surface area contributed by atoms with Crippen LogP contribution in [0.25, 0.3) is 0 Å². The first-order valence-electron chi connectivity index (χ1n) is 6.21. The molecule has 0 saturated carbocycles. The van der Waals surface area contributed by atoms with E-state index < -0.39 is 5.97 Å². The SMILES string of the molecule is COc1cc([C@H](C)Cl)ccc1OC(=O)c1ccccc1. The molecule has 2 rings (SSSR count). The summed E-state index contributed by atoms with van der Waals surface area (Å²) in [5, 5.41) is -0.136. The molecule has 2 aromatic carbocycles. The van der Waals surface area contributed by atoms with Crippen molar-refractivity contribution in [1.82, 2.24) is 0 Å². The van der Waals surface area contributed by atoms with E-state index in [4.69, 9.17) is 21.1 Å². The van der Waals surface area contributed by atoms with Crippen LogP contribution in [0.4, 0.5) is 0 Å². The largest absolute Gasteiger partial charge is 0.493 e. The van der Waals surface area contributed by atoms with Crippen LogP contribution >= 0.6 is 11.6 Å². The third kappa shape index (κ3) is 3.31. The lowest BCUT2D eigenvalue weighted by molar-refractivity contribution is 0.0729. The van der Waals surface area contributed by atoms with Gasteiger partial charge in [0.2, 0.25) is 0 Å². The number of methoxy groups -OCH3 is 1.